The maximum absolute atomic E-state index is 12.1. The van der Waals surface area contributed by atoms with Gasteiger partial charge < -0.3 is 9.15 Å². The number of Topliss-reactive ketones (excluding diaryl/α,β-unsaturated/α-hetero) is 1. The number of benzene rings is 1. The second-order valence-corrected chi connectivity index (χ2v) is 3.80. The summed E-state index contributed by atoms with van der Waals surface area (Å²) >= 11 is 0. The highest BCUT2D eigenvalue weighted by Crippen LogP contribution is 2.13. The molecule has 0 unspecified atom stereocenters. The Bertz CT molecular complexity index is 696. The molecule has 0 amide bonds. The minimum Gasteiger partial charge on any atom is -0.463 e. The first kappa shape index (κ1) is 12.0. The Morgan fingerprint density at radius 1 is 1.28 bits per heavy atom. The van der Waals surface area contributed by atoms with Crippen LogP contribution in [0.3, 0.4) is 0 Å². The molecular weight excluding hydrogens is 236 g/mol. The highest BCUT2D eigenvalue weighted by molar-refractivity contribution is 6.40. The zero-order valence-corrected chi connectivity index (χ0v) is 9.85. The van der Waals surface area contributed by atoms with Crippen LogP contribution in [0.2, 0.25) is 0 Å². The topological polar surface area (TPSA) is 73.6 Å². The number of hydrogen-bond donors (Lipinski definition) is 0. The third-order valence-electron chi connectivity index (χ3n) is 2.54. The monoisotopic (exact) mass is 246 g/mol. The number of ketones is 1. The minimum atomic E-state index is -1.09. The molecule has 0 aliphatic heterocycles. The molecule has 0 radical (unpaired) electrons. The molecule has 0 saturated heterocycles. The number of methoxy groups -OCH3 is 1. The highest BCUT2D eigenvalue weighted by Gasteiger charge is 2.22. The summed E-state index contributed by atoms with van der Waals surface area (Å²) in [5.41, 5.74) is 0.375. The predicted octanol–water partition coefficient (Wildman–Crippen LogP) is 1.46. The molecule has 0 atom stereocenters. The van der Waals surface area contributed by atoms with Gasteiger partial charge in [0.1, 0.15) is 17.4 Å². The van der Waals surface area contributed by atoms with E-state index < -0.39 is 17.2 Å². The Labute approximate surface area is 102 Å². The van der Waals surface area contributed by atoms with Gasteiger partial charge in [0.25, 0.3) is 5.78 Å². The molecule has 5 nitrogen and oxygen atoms in total. The van der Waals surface area contributed by atoms with Crippen molar-refractivity contribution in [2.75, 3.05) is 7.11 Å². The second-order valence-electron chi connectivity index (χ2n) is 3.80. The number of esters is 1. The predicted molar refractivity (Wildman–Crippen MR) is 63.6 cm³/mol. The first-order valence-corrected chi connectivity index (χ1v) is 5.19. The van der Waals surface area contributed by atoms with Crippen LogP contribution in [0.4, 0.5) is 0 Å². The van der Waals surface area contributed by atoms with Gasteiger partial charge in [-0.3, -0.25) is 9.59 Å². The fourth-order valence-corrected chi connectivity index (χ4v) is 1.60. The Balaban J connectivity index is 2.68. The van der Waals surface area contributed by atoms with Crippen LogP contribution in [0.1, 0.15) is 15.9 Å². The number of carbonyl (C=O) groups excluding carboxylic acids is 2. The third kappa shape index (κ3) is 1.90. The van der Waals surface area contributed by atoms with Crippen LogP contribution in [-0.4, -0.2) is 18.9 Å². The summed E-state index contributed by atoms with van der Waals surface area (Å²) in [6.45, 7) is 1.81. The van der Waals surface area contributed by atoms with Crippen molar-refractivity contribution < 1.29 is 18.7 Å². The molecule has 0 bridgehead atoms. The summed E-state index contributed by atoms with van der Waals surface area (Å²) in [6, 6.07) is 5.03. The van der Waals surface area contributed by atoms with Crippen LogP contribution >= 0.6 is 0 Å². The van der Waals surface area contributed by atoms with Crippen molar-refractivity contribution in [2.24, 2.45) is 0 Å². The molecule has 92 valence electrons. The van der Waals surface area contributed by atoms with Crippen LogP contribution in [0.25, 0.3) is 11.0 Å². The largest absolute Gasteiger partial charge is 0.463 e. The maximum Gasteiger partial charge on any atom is 0.379 e. The SMILES string of the molecule is COC(=O)C(=O)c1coc2ccc(C)cc2c1=O. The van der Waals surface area contributed by atoms with Crippen LogP contribution in [0.5, 0.6) is 0 Å². The van der Waals surface area contributed by atoms with Gasteiger partial charge >= 0.3 is 5.97 Å². The summed E-state index contributed by atoms with van der Waals surface area (Å²) in [5.74, 6) is -2.09. The van der Waals surface area contributed by atoms with E-state index in [1.807, 2.05) is 6.92 Å². The molecule has 0 N–H and O–H groups in total. The molecule has 1 aromatic carbocycles. The molecule has 2 rings (SSSR count). The van der Waals surface area contributed by atoms with Crippen molar-refractivity contribution in [1.29, 1.82) is 0 Å². The van der Waals surface area contributed by atoms with Gasteiger partial charge in [-0.25, -0.2) is 4.79 Å². The lowest BCUT2D eigenvalue weighted by atomic mass is 10.1. The van der Waals surface area contributed by atoms with E-state index in [1.165, 1.54) is 0 Å². The molecule has 5 heteroatoms. The van der Waals surface area contributed by atoms with Gasteiger partial charge in [0.2, 0.25) is 5.43 Å². The van der Waals surface area contributed by atoms with E-state index in [0.717, 1.165) is 18.9 Å². The zero-order valence-electron chi connectivity index (χ0n) is 9.85. The van der Waals surface area contributed by atoms with Gasteiger partial charge in [-0.2, -0.15) is 0 Å². The Hall–Kier alpha value is -2.43. The summed E-state index contributed by atoms with van der Waals surface area (Å²) in [6.07, 6.45) is 0.985. The Morgan fingerprint density at radius 3 is 2.67 bits per heavy atom. The quantitative estimate of drug-likeness (QED) is 0.455. The first-order valence-electron chi connectivity index (χ1n) is 5.19. The van der Waals surface area contributed by atoms with Gasteiger partial charge in [0.05, 0.1) is 12.5 Å². The van der Waals surface area contributed by atoms with E-state index in [1.54, 1.807) is 18.2 Å². The van der Waals surface area contributed by atoms with Crippen molar-refractivity contribution >= 4 is 22.7 Å². The van der Waals surface area contributed by atoms with E-state index in [0.29, 0.717) is 5.58 Å². The lowest BCUT2D eigenvalue weighted by molar-refractivity contribution is -0.135. The fraction of sp³-hybridized carbons (Fsp3) is 0.154. The van der Waals surface area contributed by atoms with Gasteiger partial charge in [0, 0.05) is 0 Å². The number of rotatable bonds is 2. The molecule has 2 aromatic rings. The number of ether oxygens (including phenoxy) is 1. The van der Waals surface area contributed by atoms with E-state index in [4.69, 9.17) is 4.42 Å². The van der Waals surface area contributed by atoms with Crippen molar-refractivity contribution in [2.45, 2.75) is 6.92 Å². The van der Waals surface area contributed by atoms with Crippen LogP contribution in [-0.2, 0) is 9.53 Å². The van der Waals surface area contributed by atoms with Crippen LogP contribution < -0.4 is 5.43 Å². The number of hydrogen-bond acceptors (Lipinski definition) is 5. The normalized spacial score (nSPS) is 10.3. The number of aryl methyl sites for hydroxylation is 1. The average molecular weight is 246 g/mol. The average Bonchev–Trinajstić information content (AvgIpc) is 2.38. The molecule has 1 heterocycles. The molecule has 0 aliphatic carbocycles. The van der Waals surface area contributed by atoms with Crippen molar-refractivity contribution in [3.05, 3.63) is 45.8 Å². The summed E-state index contributed by atoms with van der Waals surface area (Å²) in [7, 11) is 1.08. The van der Waals surface area contributed by atoms with Gasteiger partial charge in [0.15, 0.2) is 0 Å². The molecule has 1 aromatic heterocycles. The van der Waals surface area contributed by atoms with E-state index in [9.17, 15) is 14.4 Å². The van der Waals surface area contributed by atoms with E-state index in [-0.39, 0.29) is 10.9 Å². The van der Waals surface area contributed by atoms with Crippen molar-refractivity contribution in [3.8, 4) is 0 Å². The molecule has 18 heavy (non-hydrogen) atoms. The number of carbonyl (C=O) groups is 2. The zero-order chi connectivity index (χ0) is 13.3. The maximum atomic E-state index is 12.1. The number of fused-ring (bicyclic) bond motifs is 1. The Morgan fingerprint density at radius 2 is 2.00 bits per heavy atom. The minimum absolute atomic E-state index is 0.268. The first-order chi connectivity index (χ1) is 8.54. The summed E-state index contributed by atoms with van der Waals surface area (Å²) in [5, 5.41) is 0.268. The van der Waals surface area contributed by atoms with Crippen LogP contribution in [0, 0.1) is 6.92 Å². The third-order valence-corrected chi connectivity index (χ3v) is 2.54. The van der Waals surface area contributed by atoms with Gasteiger partial charge in [-0.15, -0.1) is 0 Å². The van der Waals surface area contributed by atoms with E-state index in [2.05, 4.69) is 4.74 Å². The fourth-order valence-electron chi connectivity index (χ4n) is 1.60. The molecule has 0 spiro atoms. The standard InChI is InChI=1S/C13H10O5/c1-7-3-4-10-8(5-7)11(14)9(6-18-10)12(15)13(16)17-2/h3-6H,1-2H3. The molecule has 0 saturated carbocycles. The van der Waals surface area contributed by atoms with Crippen molar-refractivity contribution in [1.82, 2.24) is 0 Å². The summed E-state index contributed by atoms with van der Waals surface area (Å²) in [4.78, 5) is 34.8. The van der Waals surface area contributed by atoms with Gasteiger partial charge in [-0.05, 0) is 19.1 Å². The lowest BCUT2D eigenvalue weighted by Crippen LogP contribution is -2.23. The molecular formula is C13H10O5. The van der Waals surface area contributed by atoms with Crippen molar-refractivity contribution in [3.63, 3.8) is 0 Å². The molecule has 0 aliphatic rings. The lowest BCUT2D eigenvalue weighted by Gasteiger charge is -2.01. The Kier molecular flexibility index (Phi) is 2.97. The highest BCUT2D eigenvalue weighted by atomic mass is 16.5. The smallest absolute Gasteiger partial charge is 0.379 e. The van der Waals surface area contributed by atoms with Gasteiger partial charge in [-0.1, -0.05) is 11.6 Å². The van der Waals surface area contributed by atoms with Crippen LogP contribution in [0.15, 0.2) is 33.7 Å². The second kappa shape index (κ2) is 4.44. The summed E-state index contributed by atoms with van der Waals surface area (Å²) < 4.78 is 9.45. The molecule has 0 fully saturated rings. The van der Waals surface area contributed by atoms with E-state index >= 15 is 0 Å².